The highest BCUT2D eigenvalue weighted by Crippen LogP contribution is 2.15. The molecule has 1 unspecified atom stereocenters. The summed E-state index contributed by atoms with van der Waals surface area (Å²) in [6, 6.07) is 12.7. The summed E-state index contributed by atoms with van der Waals surface area (Å²) in [5, 5.41) is 17.0. The SMILES string of the molecule is O=C(Cn1ncc(=O)c2ccccc21)NCC(O)c1ccccc1F. The van der Waals surface area contributed by atoms with Crippen LogP contribution >= 0.6 is 0 Å². The van der Waals surface area contributed by atoms with E-state index < -0.39 is 17.8 Å². The molecule has 7 heteroatoms. The number of hydrogen-bond donors (Lipinski definition) is 2. The quantitative estimate of drug-likeness (QED) is 0.734. The number of fused-ring (bicyclic) bond motifs is 1. The standard InChI is InChI=1S/C18H16FN3O3/c19-14-7-3-1-5-12(14)16(23)9-20-18(25)11-22-15-8-4-2-6-13(15)17(24)10-21-22/h1-8,10,16,23H,9,11H2,(H,20,25). The number of aliphatic hydroxyl groups is 1. The number of halogens is 1. The summed E-state index contributed by atoms with van der Waals surface area (Å²) in [7, 11) is 0. The van der Waals surface area contributed by atoms with Gasteiger partial charge in [-0.15, -0.1) is 0 Å². The second-order valence-electron chi connectivity index (χ2n) is 5.53. The number of hydrogen-bond acceptors (Lipinski definition) is 4. The number of para-hydroxylation sites is 1. The minimum atomic E-state index is -1.15. The average Bonchev–Trinajstić information content (AvgIpc) is 2.63. The van der Waals surface area contributed by atoms with Crippen molar-refractivity contribution in [1.82, 2.24) is 15.1 Å². The summed E-state index contributed by atoms with van der Waals surface area (Å²) in [5.41, 5.74) is 0.441. The topological polar surface area (TPSA) is 84.2 Å². The maximum Gasteiger partial charge on any atom is 0.241 e. The molecule has 25 heavy (non-hydrogen) atoms. The van der Waals surface area contributed by atoms with Gasteiger partial charge in [0.2, 0.25) is 11.3 Å². The summed E-state index contributed by atoms with van der Waals surface area (Å²) in [5.74, 6) is -0.936. The van der Waals surface area contributed by atoms with Crippen molar-refractivity contribution in [2.24, 2.45) is 0 Å². The molecule has 0 saturated heterocycles. The highest BCUT2D eigenvalue weighted by atomic mass is 19.1. The summed E-state index contributed by atoms with van der Waals surface area (Å²) in [6.45, 7) is -0.247. The van der Waals surface area contributed by atoms with Gasteiger partial charge in [0.05, 0.1) is 17.8 Å². The van der Waals surface area contributed by atoms with Gasteiger partial charge in [-0.1, -0.05) is 30.3 Å². The van der Waals surface area contributed by atoms with Crippen molar-refractivity contribution in [2.45, 2.75) is 12.6 Å². The van der Waals surface area contributed by atoms with E-state index in [0.29, 0.717) is 10.9 Å². The molecule has 1 heterocycles. The van der Waals surface area contributed by atoms with E-state index in [0.717, 1.165) is 6.20 Å². The monoisotopic (exact) mass is 341 g/mol. The van der Waals surface area contributed by atoms with Crippen molar-refractivity contribution in [2.75, 3.05) is 6.54 Å². The highest BCUT2D eigenvalue weighted by Gasteiger charge is 2.14. The molecule has 0 saturated carbocycles. The Morgan fingerprint density at radius 2 is 1.92 bits per heavy atom. The smallest absolute Gasteiger partial charge is 0.241 e. The van der Waals surface area contributed by atoms with Crippen molar-refractivity contribution in [1.29, 1.82) is 0 Å². The van der Waals surface area contributed by atoms with Crippen LogP contribution in [0.5, 0.6) is 0 Å². The predicted octanol–water partition coefficient (Wildman–Crippen LogP) is 1.39. The molecule has 1 amide bonds. The van der Waals surface area contributed by atoms with Crippen LogP contribution in [-0.2, 0) is 11.3 Å². The normalized spacial score (nSPS) is 12.1. The van der Waals surface area contributed by atoms with Gasteiger partial charge in [0.25, 0.3) is 0 Å². The van der Waals surface area contributed by atoms with E-state index in [4.69, 9.17) is 0 Å². The van der Waals surface area contributed by atoms with Gasteiger partial charge in [-0.3, -0.25) is 14.3 Å². The molecule has 6 nitrogen and oxygen atoms in total. The fourth-order valence-electron chi connectivity index (χ4n) is 2.54. The van der Waals surface area contributed by atoms with Crippen molar-refractivity contribution >= 4 is 16.8 Å². The lowest BCUT2D eigenvalue weighted by Gasteiger charge is -2.14. The molecule has 1 atom stereocenters. The van der Waals surface area contributed by atoms with Crippen LogP contribution in [0.15, 0.2) is 59.5 Å². The van der Waals surface area contributed by atoms with Crippen molar-refractivity contribution in [3.8, 4) is 0 Å². The van der Waals surface area contributed by atoms with Gasteiger partial charge in [-0.05, 0) is 18.2 Å². The summed E-state index contributed by atoms with van der Waals surface area (Å²) < 4.78 is 15.0. The maximum absolute atomic E-state index is 13.6. The number of rotatable bonds is 5. The molecule has 0 aliphatic rings. The lowest BCUT2D eigenvalue weighted by atomic mass is 10.1. The molecule has 2 aromatic carbocycles. The highest BCUT2D eigenvalue weighted by molar-refractivity contribution is 5.81. The minimum Gasteiger partial charge on any atom is -0.386 e. The number of carbonyl (C=O) groups is 1. The van der Waals surface area contributed by atoms with Crippen LogP contribution in [0.1, 0.15) is 11.7 Å². The number of carbonyl (C=O) groups excluding carboxylic acids is 1. The van der Waals surface area contributed by atoms with Gasteiger partial charge in [0, 0.05) is 17.5 Å². The Balaban J connectivity index is 1.69. The number of amides is 1. The van der Waals surface area contributed by atoms with E-state index in [9.17, 15) is 19.1 Å². The Morgan fingerprint density at radius 3 is 2.72 bits per heavy atom. The Kier molecular flexibility index (Phi) is 4.85. The molecule has 0 aliphatic heterocycles. The van der Waals surface area contributed by atoms with Gasteiger partial charge < -0.3 is 10.4 Å². The van der Waals surface area contributed by atoms with E-state index in [1.807, 2.05) is 0 Å². The predicted molar refractivity (Wildman–Crippen MR) is 90.4 cm³/mol. The largest absolute Gasteiger partial charge is 0.386 e. The average molecular weight is 341 g/mol. The Hall–Kier alpha value is -3.06. The van der Waals surface area contributed by atoms with Crippen LogP contribution in [0.3, 0.4) is 0 Å². The lowest BCUT2D eigenvalue weighted by Crippen LogP contribution is -2.32. The zero-order valence-corrected chi connectivity index (χ0v) is 13.2. The van der Waals surface area contributed by atoms with E-state index in [1.54, 1.807) is 30.3 Å². The zero-order chi connectivity index (χ0) is 17.8. The van der Waals surface area contributed by atoms with Crippen LogP contribution in [-0.4, -0.2) is 27.3 Å². The van der Waals surface area contributed by atoms with Crippen LogP contribution in [0.25, 0.3) is 10.9 Å². The molecule has 0 radical (unpaired) electrons. The van der Waals surface area contributed by atoms with E-state index >= 15 is 0 Å². The van der Waals surface area contributed by atoms with Crippen molar-refractivity contribution in [3.63, 3.8) is 0 Å². The second-order valence-corrected chi connectivity index (χ2v) is 5.53. The summed E-state index contributed by atoms with van der Waals surface area (Å²) >= 11 is 0. The fourth-order valence-corrected chi connectivity index (χ4v) is 2.54. The summed E-state index contributed by atoms with van der Waals surface area (Å²) in [4.78, 5) is 23.9. The molecular weight excluding hydrogens is 325 g/mol. The molecule has 3 aromatic rings. The number of aliphatic hydroxyl groups excluding tert-OH is 1. The molecule has 0 bridgehead atoms. The second kappa shape index (κ2) is 7.23. The maximum atomic E-state index is 13.6. The molecule has 2 N–H and O–H groups in total. The van der Waals surface area contributed by atoms with Gasteiger partial charge in [0.1, 0.15) is 12.4 Å². The van der Waals surface area contributed by atoms with E-state index in [1.165, 1.54) is 22.9 Å². The molecule has 1 aromatic heterocycles. The zero-order valence-electron chi connectivity index (χ0n) is 13.2. The first-order valence-corrected chi connectivity index (χ1v) is 7.70. The van der Waals surface area contributed by atoms with Crippen LogP contribution < -0.4 is 10.7 Å². The first-order chi connectivity index (χ1) is 12.1. The fraction of sp³-hybridized carbons (Fsp3) is 0.167. The van der Waals surface area contributed by atoms with Crippen LogP contribution in [0.2, 0.25) is 0 Å². The van der Waals surface area contributed by atoms with Gasteiger partial charge in [-0.25, -0.2) is 4.39 Å². The van der Waals surface area contributed by atoms with Gasteiger partial charge in [0.15, 0.2) is 0 Å². The van der Waals surface area contributed by atoms with Crippen molar-refractivity contribution in [3.05, 3.63) is 76.3 Å². The van der Waals surface area contributed by atoms with Crippen LogP contribution in [0.4, 0.5) is 4.39 Å². The molecule has 0 spiro atoms. The molecule has 0 aliphatic carbocycles. The Labute approximate surface area is 142 Å². The van der Waals surface area contributed by atoms with Crippen LogP contribution in [0, 0.1) is 5.82 Å². The molecule has 128 valence electrons. The first kappa shape index (κ1) is 16.8. The summed E-state index contributed by atoms with van der Waals surface area (Å²) in [6.07, 6.45) is 0.00736. The molecule has 0 fully saturated rings. The van der Waals surface area contributed by atoms with Gasteiger partial charge in [-0.2, -0.15) is 5.10 Å². The third-order valence-electron chi connectivity index (χ3n) is 3.81. The number of aromatic nitrogens is 2. The third kappa shape index (κ3) is 3.72. The molecular formula is C18H16FN3O3. The lowest BCUT2D eigenvalue weighted by molar-refractivity contribution is -0.122. The molecule has 3 rings (SSSR count). The number of nitrogens with zero attached hydrogens (tertiary/aromatic N) is 2. The Morgan fingerprint density at radius 1 is 1.20 bits per heavy atom. The van der Waals surface area contributed by atoms with Crippen molar-refractivity contribution < 1.29 is 14.3 Å². The minimum absolute atomic E-state index is 0.120. The number of benzene rings is 2. The first-order valence-electron chi connectivity index (χ1n) is 7.70. The van der Waals surface area contributed by atoms with E-state index in [2.05, 4.69) is 10.4 Å². The Bertz CT molecular complexity index is 971. The third-order valence-corrected chi connectivity index (χ3v) is 3.81. The van der Waals surface area contributed by atoms with E-state index in [-0.39, 0.29) is 24.1 Å². The van der Waals surface area contributed by atoms with Gasteiger partial charge >= 0.3 is 0 Å². The number of nitrogens with one attached hydrogen (secondary N) is 1.